The van der Waals surface area contributed by atoms with Crippen molar-refractivity contribution in [2.45, 2.75) is 30.5 Å². The van der Waals surface area contributed by atoms with E-state index in [1.165, 1.54) is 28.9 Å². The van der Waals surface area contributed by atoms with Gasteiger partial charge >= 0.3 is 0 Å². The van der Waals surface area contributed by atoms with Gasteiger partial charge in [0.05, 0.1) is 11.7 Å². The maximum absolute atomic E-state index is 13.8. The third-order valence-corrected chi connectivity index (χ3v) is 4.53. The van der Waals surface area contributed by atoms with Crippen LogP contribution in [-0.2, 0) is 4.74 Å². The van der Waals surface area contributed by atoms with Gasteiger partial charge in [-0.05, 0) is 31.4 Å². The van der Waals surface area contributed by atoms with Gasteiger partial charge in [-0.15, -0.1) is 10.2 Å². The Bertz CT molecular complexity index is 613. The summed E-state index contributed by atoms with van der Waals surface area (Å²) in [5, 5.41) is 8.61. The Morgan fingerprint density at radius 1 is 1.33 bits per heavy atom. The summed E-state index contributed by atoms with van der Waals surface area (Å²) in [4.78, 5) is 0. The van der Waals surface area contributed by atoms with Crippen LogP contribution < -0.4 is 5.84 Å². The Morgan fingerprint density at radius 2 is 2.19 bits per heavy atom. The molecular formula is C14H17FN4OS. The Hall–Kier alpha value is -1.60. The van der Waals surface area contributed by atoms with Crippen molar-refractivity contribution >= 4 is 11.8 Å². The summed E-state index contributed by atoms with van der Waals surface area (Å²) in [5.74, 6) is 6.74. The van der Waals surface area contributed by atoms with E-state index in [4.69, 9.17) is 10.6 Å². The monoisotopic (exact) mass is 308 g/mol. The zero-order chi connectivity index (χ0) is 14.7. The van der Waals surface area contributed by atoms with Crippen molar-refractivity contribution in [3.8, 4) is 11.4 Å². The topological polar surface area (TPSA) is 66.0 Å². The van der Waals surface area contributed by atoms with Crippen LogP contribution in [0.1, 0.15) is 19.3 Å². The van der Waals surface area contributed by atoms with Crippen LogP contribution >= 0.6 is 11.8 Å². The molecule has 1 aliphatic rings. The van der Waals surface area contributed by atoms with Gasteiger partial charge in [-0.3, -0.25) is 0 Å². The number of aromatic nitrogens is 3. The van der Waals surface area contributed by atoms with Gasteiger partial charge in [0.1, 0.15) is 5.82 Å². The Labute approximate surface area is 126 Å². The molecule has 1 fully saturated rings. The van der Waals surface area contributed by atoms with E-state index in [9.17, 15) is 4.39 Å². The molecule has 1 aliphatic heterocycles. The predicted octanol–water partition coefficient (Wildman–Crippen LogP) is 2.46. The van der Waals surface area contributed by atoms with Crippen LogP contribution in [0.25, 0.3) is 11.4 Å². The fourth-order valence-electron chi connectivity index (χ4n) is 2.31. The molecule has 5 nitrogen and oxygen atoms in total. The molecule has 0 spiro atoms. The van der Waals surface area contributed by atoms with Gasteiger partial charge in [0.2, 0.25) is 5.16 Å². The maximum Gasteiger partial charge on any atom is 0.210 e. The first-order chi connectivity index (χ1) is 10.3. The summed E-state index contributed by atoms with van der Waals surface area (Å²) in [6.45, 7) is 0.820. The second-order valence-electron chi connectivity index (χ2n) is 4.96. The van der Waals surface area contributed by atoms with Gasteiger partial charge in [-0.1, -0.05) is 23.9 Å². The fourth-order valence-corrected chi connectivity index (χ4v) is 3.23. The first kappa shape index (κ1) is 14.3. The van der Waals surface area contributed by atoms with Crippen molar-refractivity contribution < 1.29 is 9.13 Å². The highest BCUT2D eigenvalue weighted by molar-refractivity contribution is 7.99. The molecule has 0 radical (unpaired) electrons. The Kier molecular flexibility index (Phi) is 4.40. The number of benzene rings is 1. The van der Waals surface area contributed by atoms with E-state index in [2.05, 4.69) is 10.2 Å². The fraction of sp³-hybridized carbons (Fsp3) is 0.429. The van der Waals surface area contributed by atoms with Crippen LogP contribution in [0.15, 0.2) is 29.4 Å². The first-order valence-electron chi connectivity index (χ1n) is 6.95. The molecule has 7 heteroatoms. The highest BCUT2D eigenvalue weighted by atomic mass is 32.2. The van der Waals surface area contributed by atoms with E-state index < -0.39 is 0 Å². The largest absolute Gasteiger partial charge is 0.377 e. The third kappa shape index (κ3) is 3.19. The molecule has 0 saturated carbocycles. The normalized spacial score (nSPS) is 18.8. The molecule has 21 heavy (non-hydrogen) atoms. The summed E-state index contributed by atoms with van der Waals surface area (Å²) in [6, 6.07) is 6.40. The summed E-state index contributed by atoms with van der Waals surface area (Å²) in [5.41, 5.74) is 0.355. The number of nitrogens with two attached hydrogens (primary N) is 1. The quantitative estimate of drug-likeness (QED) is 0.694. The van der Waals surface area contributed by atoms with E-state index in [0.717, 1.165) is 25.2 Å². The molecule has 2 aromatic rings. The molecule has 1 atom stereocenters. The molecule has 1 aromatic heterocycles. The lowest BCUT2D eigenvalue weighted by atomic mass is 10.1. The SMILES string of the molecule is Nn1c(SC[C@@H]2CCCCO2)nnc1-c1ccccc1F. The summed E-state index contributed by atoms with van der Waals surface area (Å²) >= 11 is 1.49. The Morgan fingerprint density at radius 3 is 2.95 bits per heavy atom. The molecule has 0 aliphatic carbocycles. The van der Waals surface area contributed by atoms with E-state index in [1.54, 1.807) is 18.2 Å². The predicted molar refractivity (Wildman–Crippen MR) is 79.9 cm³/mol. The van der Waals surface area contributed by atoms with Crippen molar-refractivity contribution in [2.75, 3.05) is 18.2 Å². The average molecular weight is 308 g/mol. The average Bonchev–Trinajstić information content (AvgIpc) is 2.88. The van der Waals surface area contributed by atoms with Crippen molar-refractivity contribution in [2.24, 2.45) is 0 Å². The lowest BCUT2D eigenvalue weighted by molar-refractivity contribution is 0.0315. The lowest BCUT2D eigenvalue weighted by Crippen LogP contribution is -2.22. The van der Waals surface area contributed by atoms with Crippen LogP contribution in [0.3, 0.4) is 0 Å². The van der Waals surface area contributed by atoms with Crippen LogP contribution in [0.5, 0.6) is 0 Å². The summed E-state index contributed by atoms with van der Waals surface area (Å²) < 4.78 is 20.8. The number of hydrogen-bond acceptors (Lipinski definition) is 5. The van der Waals surface area contributed by atoms with Crippen molar-refractivity contribution in [3.05, 3.63) is 30.1 Å². The van der Waals surface area contributed by atoms with Crippen LogP contribution in [0.2, 0.25) is 0 Å². The van der Waals surface area contributed by atoms with Gasteiger partial charge in [0.15, 0.2) is 5.82 Å². The molecular weight excluding hydrogens is 291 g/mol. The van der Waals surface area contributed by atoms with E-state index >= 15 is 0 Å². The number of nitrogen functional groups attached to an aromatic ring is 1. The van der Waals surface area contributed by atoms with Gasteiger partial charge in [-0.2, -0.15) is 0 Å². The second kappa shape index (κ2) is 6.44. The maximum atomic E-state index is 13.8. The zero-order valence-electron chi connectivity index (χ0n) is 11.5. The molecule has 2 N–H and O–H groups in total. The van der Waals surface area contributed by atoms with Gasteiger partial charge in [-0.25, -0.2) is 9.07 Å². The van der Waals surface area contributed by atoms with Gasteiger partial charge in [0.25, 0.3) is 0 Å². The minimum Gasteiger partial charge on any atom is -0.377 e. The lowest BCUT2D eigenvalue weighted by Gasteiger charge is -2.21. The zero-order valence-corrected chi connectivity index (χ0v) is 12.4. The summed E-state index contributed by atoms with van der Waals surface area (Å²) in [7, 11) is 0. The number of hydrogen-bond donors (Lipinski definition) is 1. The molecule has 0 bridgehead atoms. The third-order valence-electron chi connectivity index (χ3n) is 3.45. The molecule has 112 valence electrons. The van der Waals surface area contributed by atoms with Crippen molar-refractivity contribution in [1.29, 1.82) is 0 Å². The van der Waals surface area contributed by atoms with Gasteiger partial charge in [0, 0.05) is 12.4 Å². The molecule has 3 rings (SSSR count). The number of ether oxygens (including phenoxy) is 1. The van der Waals surface area contributed by atoms with Gasteiger partial charge < -0.3 is 10.6 Å². The minimum atomic E-state index is -0.358. The van der Waals surface area contributed by atoms with E-state index in [0.29, 0.717) is 16.5 Å². The molecule has 0 unspecified atom stereocenters. The van der Waals surface area contributed by atoms with Crippen LogP contribution in [0.4, 0.5) is 4.39 Å². The first-order valence-corrected chi connectivity index (χ1v) is 7.94. The summed E-state index contributed by atoms with van der Waals surface area (Å²) in [6.07, 6.45) is 3.62. The minimum absolute atomic E-state index is 0.234. The molecule has 2 heterocycles. The van der Waals surface area contributed by atoms with E-state index in [1.807, 2.05) is 0 Å². The Balaban J connectivity index is 1.72. The highest BCUT2D eigenvalue weighted by Crippen LogP contribution is 2.25. The molecule has 0 amide bonds. The molecule has 1 saturated heterocycles. The number of thioether (sulfide) groups is 1. The van der Waals surface area contributed by atoms with Crippen molar-refractivity contribution in [3.63, 3.8) is 0 Å². The number of halogens is 1. The van der Waals surface area contributed by atoms with Crippen molar-refractivity contribution in [1.82, 2.24) is 14.9 Å². The smallest absolute Gasteiger partial charge is 0.210 e. The number of nitrogens with zero attached hydrogens (tertiary/aromatic N) is 3. The van der Waals surface area contributed by atoms with Crippen LogP contribution in [0, 0.1) is 5.82 Å². The van der Waals surface area contributed by atoms with Crippen LogP contribution in [-0.4, -0.2) is 33.3 Å². The second-order valence-corrected chi connectivity index (χ2v) is 5.94. The molecule has 1 aromatic carbocycles. The number of rotatable bonds is 4. The highest BCUT2D eigenvalue weighted by Gasteiger charge is 2.18. The van der Waals surface area contributed by atoms with E-state index in [-0.39, 0.29) is 11.9 Å². The standard InChI is InChI=1S/C14H17FN4OS/c15-12-7-2-1-6-11(12)13-17-18-14(19(13)16)21-9-10-5-3-4-8-20-10/h1-2,6-7,10H,3-5,8-9,16H2/t10-/m0/s1.